The number of ether oxygens (including phenoxy) is 3. The molecule has 3 aliphatic rings. The fourth-order valence-electron chi connectivity index (χ4n) is 6.72. The fraction of sp³-hybridized carbons (Fsp3) is 0.590. The van der Waals surface area contributed by atoms with E-state index in [4.69, 9.17) is 14.2 Å². The first-order valence-corrected chi connectivity index (χ1v) is 20.2. The maximum absolute atomic E-state index is 14.5. The van der Waals surface area contributed by atoms with Gasteiger partial charge in [-0.3, -0.25) is 19.1 Å². The number of likely N-dealkylation sites (tertiary alicyclic amines) is 1. The van der Waals surface area contributed by atoms with Crippen LogP contribution in [0.25, 0.3) is 11.0 Å². The smallest absolute Gasteiger partial charge is 0.408 e. The van der Waals surface area contributed by atoms with Crippen molar-refractivity contribution in [3.8, 4) is 11.6 Å². The summed E-state index contributed by atoms with van der Waals surface area (Å²) in [5.41, 5.74) is -0.780. The van der Waals surface area contributed by atoms with Gasteiger partial charge in [-0.05, 0) is 85.3 Å². The predicted octanol–water partition coefficient (Wildman–Crippen LogP) is 4.38. The van der Waals surface area contributed by atoms with E-state index in [1.54, 1.807) is 59.9 Å². The molecule has 2 heterocycles. The maximum atomic E-state index is 14.5. The number of methoxy groups -OCH3 is 1. The molecule has 2 aromatic rings. The van der Waals surface area contributed by atoms with Crippen molar-refractivity contribution in [3.05, 3.63) is 49.2 Å². The highest BCUT2D eigenvalue weighted by Gasteiger charge is 2.63. The number of carbonyl (C=O) groups is 4. The Labute approximate surface area is 323 Å². The molecule has 1 aromatic heterocycles. The standard InChI is InChI=1S/C39H54N6O9S/c1-9-11-12-13-14-15-29(42-36(49)54-37(4,5)6)34(47)45-23-27(53-33-24(3)40-28-17-16-26(52-8)20-30(28)41-33)21-31(45)32(46)43-39(22-25(39)10-2)35(48)44-55(50,51)38(7)18-19-38/h9-10,16-17,20,25,27,29,31H,1-2,11-15,18-19,21-23H2,3-8H3,(H,42,49)(H,43,46)(H,44,48)/t25?,27-,29+,31+,39-/m1/s1. The first-order chi connectivity index (χ1) is 25.8. The average molecular weight is 783 g/mol. The lowest BCUT2D eigenvalue weighted by Crippen LogP contribution is -2.58. The third-order valence-corrected chi connectivity index (χ3v) is 12.6. The van der Waals surface area contributed by atoms with Gasteiger partial charge in [-0.2, -0.15) is 0 Å². The number of sulfonamides is 1. The van der Waals surface area contributed by atoms with Gasteiger partial charge in [0.1, 0.15) is 40.8 Å². The number of rotatable bonds is 17. The summed E-state index contributed by atoms with van der Waals surface area (Å²) in [6.45, 7) is 15.9. The number of fused-ring (bicyclic) bond motifs is 1. The summed E-state index contributed by atoms with van der Waals surface area (Å²) >= 11 is 0. The van der Waals surface area contributed by atoms with Crippen molar-refractivity contribution < 1.29 is 41.8 Å². The van der Waals surface area contributed by atoms with Crippen molar-refractivity contribution in [2.75, 3.05) is 13.7 Å². The van der Waals surface area contributed by atoms with Gasteiger partial charge >= 0.3 is 6.09 Å². The number of hydrogen-bond donors (Lipinski definition) is 3. The topological polar surface area (TPSA) is 195 Å². The van der Waals surface area contributed by atoms with Crippen LogP contribution in [0, 0.1) is 12.8 Å². The first kappa shape index (κ1) is 41.4. The highest BCUT2D eigenvalue weighted by atomic mass is 32.2. The molecule has 0 radical (unpaired) electrons. The molecule has 1 aromatic carbocycles. The highest BCUT2D eigenvalue weighted by Crippen LogP contribution is 2.47. The number of aryl methyl sites for hydroxylation is 1. The second-order valence-corrected chi connectivity index (χ2v) is 18.2. The van der Waals surface area contributed by atoms with Crippen molar-refractivity contribution in [3.63, 3.8) is 0 Å². The van der Waals surface area contributed by atoms with Gasteiger partial charge in [0.25, 0.3) is 5.91 Å². The Morgan fingerprint density at radius 1 is 1.09 bits per heavy atom. The number of alkyl carbamates (subject to hydrolysis) is 1. The molecule has 16 heteroatoms. The number of nitrogens with zero attached hydrogens (tertiary/aromatic N) is 3. The van der Waals surface area contributed by atoms with Crippen molar-refractivity contribution in [2.45, 2.75) is 126 Å². The molecule has 300 valence electrons. The molecule has 1 unspecified atom stereocenters. The molecular weight excluding hydrogens is 729 g/mol. The molecule has 1 saturated heterocycles. The van der Waals surface area contributed by atoms with Crippen molar-refractivity contribution >= 4 is 44.9 Å². The van der Waals surface area contributed by atoms with E-state index in [0.717, 1.165) is 19.3 Å². The normalized spacial score (nSPS) is 23.2. The molecule has 4 amide bonds. The molecule has 2 aliphatic carbocycles. The lowest BCUT2D eigenvalue weighted by Gasteiger charge is -2.30. The van der Waals surface area contributed by atoms with E-state index in [-0.39, 0.29) is 31.7 Å². The zero-order chi connectivity index (χ0) is 40.3. The van der Waals surface area contributed by atoms with Crippen LogP contribution in [0.2, 0.25) is 0 Å². The van der Waals surface area contributed by atoms with Gasteiger partial charge in [-0.1, -0.05) is 25.0 Å². The van der Waals surface area contributed by atoms with Gasteiger partial charge in [0.05, 0.1) is 29.4 Å². The number of carbonyl (C=O) groups excluding carboxylic acids is 4. The van der Waals surface area contributed by atoms with Crippen LogP contribution in [0.1, 0.15) is 91.2 Å². The van der Waals surface area contributed by atoms with Crippen LogP contribution in [-0.2, 0) is 29.1 Å². The number of benzene rings is 1. The number of allylic oxidation sites excluding steroid dienone is 1. The van der Waals surface area contributed by atoms with Gasteiger partial charge in [0, 0.05) is 18.4 Å². The van der Waals surface area contributed by atoms with Crippen LogP contribution < -0.4 is 24.8 Å². The largest absolute Gasteiger partial charge is 0.497 e. The molecule has 5 atom stereocenters. The van der Waals surface area contributed by atoms with E-state index < -0.39 is 73.8 Å². The van der Waals surface area contributed by atoms with E-state index in [1.165, 1.54) is 11.0 Å². The second-order valence-electron chi connectivity index (χ2n) is 16.0. The third-order valence-electron chi connectivity index (χ3n) is 10.4. The predicted molar refractivity (Wildman–Crippen MR) is 206 cm³/mol. The van der Waals surface area contributed by atoms with Crippen LogP contribution >= 0.6 is 0 Å². The molecule has 0 bridgehead atoms. The SMILES string of the molecule is C=CCCCCC[C@H](NC(=O)OC(C)(C)C)C(=O)N1C[C@H](Oc2nc3cc(OC)ccc3nc2C)C[C@H]1C(=O)N[C@]1(C(=O)NS(=O)(=O)C2(C)CC2)CC1C=C. The first-order valence-electron chi connectivity index (χ1n) is 18.8. The Morgan fingerprint density at radius 3 is 2.44 bits per heavy atom. The quantitative estimate of drug-likeness (QED) is 0.152. The Hall–Kier alpha value is -4.73. The summed E-state index contributed by atoms with van der Waals surface area (Å²) in [4.78, 5) is 66.1. The zero-order valence-corrected chi connectivity index (χ0v) is 33.4. The molecule has 3 N–H and O–H groups in total. The lowest BCUT2D eigenvalue weighted by atomic mass is 10.0. The minimum atomic E-state index is -4.01. The summed E-state index contributed by atoms with van der Waals surface area (Å²) in [6.07, 6.45) is 6.04. The van der Waals surface area contributed by atoms with Gasteiger partial charge in [0.2, 0.25) is 27.7 Å². The molecule has 1 aliphatic heterocycles. The van der Waals surface area contributed by atoms with Crippen molar-refractivity contribution in [2.24, 2.45) is 5.92 Å². The van der Waals surface area contributed by atoms with Crippen LogP contribution in [-0.4, -0.2) is 94.8 Å². The molecule has 15 nitrogen and oxygen atoms in total. The third kappa shape index (κ3) is 9.57. The van der Waals surface area contributed by atoms with Crippen LogP contribution in [0.15, 0.2) is 43.5 Å². The van der Waals surface area contributed by atoms with Gasteiger partial charge in [-0.15, -0.1) is 13.2 Å². The number of amides is 4. The van der Waals surface area contributed by atoms with Gasteiger partial charge < -0.3 is 29.7 Å². The van der Waals surface area contributed by atoms with Crippen molar-refractivity contribution in [1.82, 2.24) is 30.2 Å². The Kier molecular flexibility index (Phi) is 12.2. The van der Waals surface area contributed by atoms with Crippen molar-refractivity contribution in [1.29, 1.82) is 0 Å². The Bertz CT molecular complexity index is 1940. The number of aromatic nitrogens is 2. The monoisotopic (exact) mass is 782 g/mol. The van der Waals surface area contributed by atoms with Crippen LogP contribution in [0.5, 0.6) is 11.6 Å². The Balaban J connectivity index is 1.43. The average Bonchev–Trinajstić information content (AvgIpc) is 4.00. The van der Waals surface area contributed by atoms with E-state index in [0.29, 0.717) is 41.7 Å². The molecule has 3 fully saturated rings. The number of nitrogens with one attached hydrogen (secondary N) is 3. The molecular formula is C39H54N6O9S. The summed E-state index contributed by atoms with van der Waals surface area (Å²) in [6, 6.07) is 3.05. The van der Waals surface area contributed by atoms with Gasteiger partial charge in [0.15, 0.2) is 0 Å². The lowest BCUT2D eigenvalue weighted by molar-refractivity contribution is -0.141. The number of hydrogen-bond acceptors (Lipinski definition) is 11. The van der Waals surface area contributed by atoms with Crippen LogP contribution in [0.4, 0.5) is 4.79 Å². The molecule has 55 heavy (non-hydrogen) atoms. The summed E-state index contributed by atoms with van der Waals surface area (Å²) < 4.78 is 44.4. The molecule has 0 spiro atoms. The van der Waals surface area contributed by atoms with Crippen LogP contribution in [0.3, 0.4) is 0 Å². The number of unbranched alkanes of at least 4 members (excludes halogenated alkanes) is 3. The summed E-state index contributed by atoms with van der Waals surface area (Å²) in [5.74, 6) is -1.83. The minimum Gasteiger partial charge on any atom is -0.497 e. The highest BCUT2D eigenvalue weighted by molar-refractivity contribution is 7.91. The van der Waals surface area contributed by atoms with E-state index in [1.807, 2.05) is 6.08 Å². The second kappa shape index (κ2) is 16.2. The molecule has 5 rings (SSSR count). The molecule has 2 saturated carbocycles. The minimum absolute atomic E-state index is 0.000157. The maximum Gasteiger partial charge on any atom is 0.408 e. The summed E-state index contributed by atoms with van der Waals surface area (Å²) in [5, 5.41) is 5.52. The van der Waals surface area contributed by atoms with E-state index >= 15 is 0 Å². The van der Waals surface area contributed by atoms with Gasteiger partial charge in [-0.25, -0.2) is 23.2 Å². The Morgan fingerprint density at radius 2 is 1.82 bits per heavy atom. The van der Waals surface area contributed by atoms with E-state index in [9.17, 15) is 27.6 Å². The van der Waals surface area contributed by atoms with E-state index in [2.05, 4.69) is 38.5 Å². The summed E-state index contributed by atoms with van der Waals surface area (Å²) in [7, 11) is -2.46. The fourth-order valence-corrected chi connectivity index (χ4v) is 8.03. The zero-order valence-electron chi connectivity index (χ0n) is 32.6.